The molecule has 4 fully saturated rings. The first kappa shape index (κ1) is 21.1. The van der Waals surface area contributed by atoms with E-state index in [-0.39, 0.29) is 29.8 Å². The van der Waals surface area contributed by atoms with Gasteiger partial charge in [-0.05, 0) is 62.2 Å². The van der Waals surface area contributed by atoms with Gasteiger partial charge in [0.1, 0.15) is 6.04 Å². The van der Waals surface area contributed by atoms with Crippen LogP contribution < -0.4 is 10.6 Å². The van der Waals surface area contributed by atoms with E-state index in [1.165, 1.54) is 19.3 Å². The molecule has 0 aromatic rings. The molecular formula is C21H34N2O5. The summed E-state index contributed by atoms with van der Waals surface area (Å²) < 4.78 is 10.0. The molecule has 2 N–H and O–H groups in total. The highest BCUT2D eigenvalue weighted by molar-refractivity contribution is 5.89. The van der Waals surface area contributed by atoms with Gasteiger partial charge in [-0.25, -0.2) is 4.79 Å². The smallest absolute Gasteiger partial charge is 0.329 e. The molecule has 0 aromatic carbocycles. The van der Waals surface area contributed by atoms with E-state index in [0.29, 0.717) is 30.9 Å². The molecule has 0 saturated heterocycles. The molecule has 0 spiro atoms. The molecule has 4 saturated carbocycles. The van der Waals surface area contributed by atoms with Crippen LogP contribution in [0, 0.1) is 29.1 Å². The summed E-state index contributed by atoms with van der Waals surface area (Å²) >= 11 is 0. The number of hydrogen-bond acceptors (Lipinski definition) is 5. The number of rotatable bonds is 9. The van der Waals surface area contributed by atoms with Crippen molar-refractivity contribution in [2.75, 3.05) is 26.9 Å². The normalized spacial score (nSPS) is 31.5. The van der Waals surface area contributed by atoms with Gasteiger partial charge in [-0.15, -0.1) is 0 Å². The van der Waals surface area contributed by atoms with Crippen LogP contribution in [0.1, 0.15) is 52.4 Å². The van der Waals surface area contributed by atoms with Crippen molar-refractivity contribution in [1.29, 1.82) is 0 Å². The Bertz CT molecular complexity index is 568. The lowest BCUT2D eigenvalue weighted by Crippen LogP contribution is -2.57. The van der Waals surface area contributed by atoms with Gasteiger partial charge in [-0.3, -0.25) is 9.59 Å². The molecule has 7 heteroatoms. The molecule has 0 radical (unpaired) electrons. The van der Waals surface area contributed by atoms with E-state index in [2.05, 4.69) is 10.6 Å². The molecule has 7 nitrogen and oxygen atoms in total. The van der Waals surface area contributed by atoms with Crippen LogP contribution in [0.25, 0.3) is 0 Å². The third-order valence-electron chi connectivity index (χ3n) is 6.70. The molecule has 4 bridgehead atoms. The van der Waals surface area contributed by atoms with Gasteiger partial charge >= 0.3 is 5.97 Å². The molecule has 158 valence electrons. The van der Waals surface area contributed by atoms with Crippen LogP contribution in [0.4, 0.5) is 0 Å². The number of hydrogen-bond donors (Lipinski definition) is 2. The monoisotopic (exact) mass is 394 g/mol. The molecule has 4 aliphatic rings. The van der Waals surface area contributed by atoms with E-state index in [4.69, 9.17) is 9.47 Å². The zero-order chi connectivity index (χ0) is 20.3. The minimum absolute atomic E-state index is 0.00629. The maximum absolute atomic E-state index is 13.2. The molecule has 4 rings (SSSR count). The highest BCUT2D eigenvalue weighted by atomic mass is 16.5. The van der Waals surface area contributed by atoms with Crippen molar-refractivity contribution in [2.24, 2.45) is 29.1 Å². The van der Waals surface area contributed by atoms with Crippen molar-refractivity contribution >= 4 is 17.8 Å². The quantitative estimate of drug-likeness (QED) is 0.458. The molecule has 2 amide bonds. The van der Waals surface area contributed by atoms with Gasteiger partial charge in [-0.1, -0.05) is 13.8 Å². The van der Waals surface area contributed by atoms with E-state index in [1.807, 2.05) is 13.8 Å². The lowest BCUT2D eigenvalue weighted by Gasteiger charge is -2.55. The molecular weight excluding hydrogens is 360 g/mol. The van der Waals surface area contributed by atoms with Gasteiger partial charge in [0.25, 0.3) is 5.91 Å². The summed E-state index contributed by atoms with van der Waals surface area (Å²) in [6.45, 7) is 4.17. The predicted octanol–water partition coefficient (Wildman–Crippen LogP) is 1.65. The fourth-order valence-electron chi connectivity index (χ4n) is 5.75. The second kappa shape index (κ2) is 8.80. The topological polar surface area (TPSA) is 93.7 Å². The summed E-state index contributed by atoms with van der Waals surface area (Å²) in [5.74, 6) is 0.968. The summed E-state index contributed by atoms with van der Waals surface area (Å²) in [5, 5.41) is 5.59. The average molecular weight is 395 g/mol. The molecule has 4 aliphatic carbocycles. The second-order valence-corrected chi connectivity index (χ2v) is 9.34. The van der Waals surface area contributed by atoms with Gasteiger partial charge in [0, 0.05) is 19.1 Å². The zero-order valence-electron chi connectivity index (χ0n) is 17.3. The summed E-state index contributed by atoms with van der Waals surface area (Å²) in [5.41, 5.74) is -0.306. The van der Waals surface area contributed by atoms with Crippen LogP contribution >= 0.6 is 0 Å². The van der Waals surface area contributed by atoms with Gasteiger partial charge in [0.05, 0.1) is 6.61 Å². The molecule has 0 aliphatic heterocycles. The Labute approximate surface area is 167 Å². The molecule has 28 heavy (non-hydrogen) atoms. The third kappa shape index (κ3) is 4.67. The first-order valence-electron chi connectivity index (χ1n) is 10.6. The summed E-state index contributed by atoms with van der Waals surface area (Å²) in [7, 11) is 1.55. The number of amides is 2. The highest BCUT2D eigenvalue weighted by Crippen LogP contribution is 2.60. The van der Waals surface area contributed by atoms with Crippen LogP contribution in [0.2, 0.25) is 0 Å². The van der Waals surface area contributed by atoms with Crippen LogP contribution in [0.15, 0.2) is 0 Å². The largest absolute Gasteiger partial charge is 0.454 e. The lowest BCUT2D eigenvalue weighted by molar-refractivity contribution is -0.157. The first-order chi connectivity index (χ1) is 13.3. The second-order valence-electron chi connectivity index (χ2n) is 9.34. The molecule has 1 atom stereocenters. The summed E-state index contributed by atoms with van der Waals surface area (Å²) in [6.07, 6.45) is 6.65. The average Bonchev–Trinajstić information content (AvgIpc) is 2.62. The van der Waals surface area contributed by atoms with Gasteiger partial charge in [0.15, 0.2) is 6.61 Å². The van der Waals surface area contributed by atoms with Gasteiger partial charge in [-0.2, -0.15) is 0 Å². The van der Waals surface area contributed by atoms with Crippen molar-refractivity contribution in [3.05, 3.63) is 0 Å². The lowest BCUT2D eigenvalue weighted by atomic mass is 9.49. The van der Waals surface area contributed by atoms with E-state index in [1.54, 1.807) is 7.11 Å². The zero-order valence-corrected chi connectivity index (χ0v) is 17.3. The fourth-order valence-corrected chi connectivity index (χ4v) is 5.75. The van der Waals surface area contributed by atoms with E-state index in [0.717, 1.165) is 19.3 Å². The molecule has 0 aromatic heterocycles. The summed E-state index contributed by atoms with van der Waals surface area (Å²) in [4.78, 5) is 37.5. The van der Waals surface area contributed by atoms with Crippen molar-refractivity contribution in [3.63, 3.8) is 0 Å². The van der Waals surface area contributed by atoms with E-state index >= 15 is 0 Å². The number of nitrogens with one attached hydrogen (secondary N) is 2. The van der Waals surface area contributed by atoms with Crippen molar-refractivity contribution in [1.82, 2.24) is 10.6 Å². The molecule has 0 unspecified atom stereocenters. The Morgan fingerprint density at radius 3 is 2.11 bits per heavy atom. The van der Waals surface area contributed by atoms with Crippen LogP contribution in [-0.4, -0.2) is 50.7 Å². The van der Waals surface area contributed by atoms with Crippen LogP contribution in [-0.2, 0) is 23.9 Å². The minimum atomic E-state index is -0.729. The Morgan fingerprint density at radius 2 is 1.61 bits per heavy atom. The van der Waals surface area contributed by atoms with E-state index in [9.17, 15) is 14.4 Å². The SMILES string of the molecule is COCCNC(=O)COC(=O)[C@@H](NC(=O)C12CC3CC(CC(C3)C1)C2)C(C)C. The third-order valence-corrected chi connectivity index (χ3v) is 6.70. The highest BCUT2D eigenvalue weighted by Gasteiger charge is 2.55. The predicted molar refractivity (Wildman–Crippen MR) is 103 cm³/mol. The number of carbonyl (C=O) groups excluding carboxylic acids is 3. The minimum Gasteiger partial charge on any atom is -0.454 e. The maximum Gasteiger partial charge on any atom is 0.329 e. The number of ether oxygens (including phenoxy) is 2. The van der Waals surface area contributed by atoms with Gasteiger partial charge in [0.2, 0.25) is 5.91 Å². The van der Waals surface area contributed by atoms with Crippen molar-refractivity contribution in [3.8, 4) is 0 Å². The summed E-state index contributed by atoms with van der Waals surface area (Å²) in [6, 6.07) is -0.729. The number of carbonyl (C=O) groups is 3. The number of methoxy groups -OCH3 is 1. The van der Waals surface area contributed by atoms with Crippen molar-refractivity contribution < 1.29 is 23.9 Å². The fraction of sp³-hybridized carbons (Fsp3) is 0.857. The van der Waals surface area contributed by atoms with Gasteiger partial charge < -0.3 is 20.1 Å². The van der Waals surface area contributed by atoms with Crippen molar-refractivity contribution in [2.45, 2.75) is 58.4 Å². The standard InChI is InChI=1S/C21H34N2O5/c1-13(2)18(19(25)28-12-17(24)22-4-5-27-3)23-20(26)21-9-14-6-15(10-21)8-16(7-14)11-21/h13-16,18H,4-12H2,1-3H3,(H,22,24)(H,23,26)/t14?,15?,16?,18-,21?/m0/s1. The first-order valence-corrected chi connectivity index (χ1v) is 10.6. The van der Waals surface area contributed by atoms with E-state index < -0.39 is 12.0 Å². The van der Waals surface area contributed by atoms with Crippen LogP contribution in [0.5, 0.6) is 0 Å². The molecule has 0 heterocycles. The Hall–Kier alpha value is -1.63. The maximum atomic E-state index is 13.2. The Morgan fingerprint density at radius 1 is 1.04 bits per heavy atom. The number of esters is 1. The Kier molecular flexibility index (Phi) is 6.63. The Balaban J connectivity index is 1.55. The van der Waals surface area contributed by atoms with Crippen LogP contribution in [0.3, 0.4) is 0 Å².